The first-order valence-corrected chi connectivity index (χ1v) is 9.98. The van der Waals surface area contributed by atoms with E-state index in [0.717, 1.165) is 12.7 Å². The third-order valence-corrected chi connectivity index (χ3v) is 4.25. The Kier molecular flexibility index (Phi) is 5.78. The molecule has 1 heterocycles. The maximum absolute atomic E-state index is 7.68. The molecule has 0 radical (unpaired) electrons. The van der Waals surface area contributed by atoms with Crippen molar-refractivity contribution in [3.05, 3.63) is 23.0 Å². The summed E-state index contributed by atoms with van der Waals surface area (Å²) in [6, 6.07) is 1.15. The molecular formula is C12H20ClN3OSi. The molecule has 0 atom stereocenters. The van der Waals surface area contributed by atoms with Crippen LogP contribution in [0.2, 0.25) is 25.7 Å². The zero-order valence-electron chi connectivity index (χ0n) is 11.1. The summed E-state index contributed by atoms with van der Waals surface area (Å²) in [7, 11) is -1.01. The van der Waals surface area contributed by atoms with E-state index in [1.807, 2.05) is 0 Å². The number of halogens is 1. The lowest BCUT2D eigenvalue weighted by Crippen LogP contribution is -2.23. The summed E-state index contributed by atoms with van der Waals surface area (Å²) in [5.74, 6) is 0. The molecule has 0 aromatic carbocycles. The Bertz CT molecular complexity index is 397. The highest BCUT2D eigenvalue weighted by molar-refractivity contribution is 6.76. The largest absolute Gasteiger partial charge is 0.368 e. The van der Waals surface area contributed by atoms with Gasteiger partial charge >= 0.3 is 0 Å². The molecule has 4 nitrogen and oxygen atoms in total. The van der Waals surface area contributed by atoms with E-state index in [9.17, 15) is 0 Å². The second kappa shape index (κ2) is 6.87. The molecule has 0 bridgehead atoms. The topological polar surface area (TPSA) is 57.5 Å². The first-order valence-electron chi connectivity index (χ1n) is 5.90. The number of hydrogen-bond donors (Lipinski definition) is 2. The van der Waals surface area contributed by atoms with Gasteiger partial charge in [0.15, 0.2) is 0 Å². The van der Waals surface area contributed by atoms with Gasteiger partial charge in [-0.25, -0.2) is 4.99 Å². The van der Waals surface area contributed by atoms with E-state index in [1.165, 1.54) is 6.08 Å². The van der Waals surface area contributed by atoms with E-state index in [0.29, 0.717) is 23.2 Å². The predicted octanol–water partition coefficient (Wildman–Crippen LogP) is 2.96. The van der Waals surface area contributed by atoms with Crippen LogP contribution in [0.5, 0.6) is 0 Å². The van der Waals surface area contributed by atoms with E-state index in [1.54, 1.807) is 12.4 Å². The molecule has 0 saturated heterocycles. The molecule has 100 valence electrons. The molecule has 6 heteroatoms. The Morgan fingerprint density at radius 3 is 2.83 bits per heavy atom. The van der Waals surface area contributed by atoms with Gasteiger partial charge in [0.2, 0.25) is 0 Å². The van der Waals surface area contributed by atoms with Crippen molar-refractivity contribution in [2.24, 2.45) is 4.99 Å². The highest BCUT2D eigenvalue weighted by Crippen LogP contribution is 2.11. The van der Waals surface area contributed by atoms with E-state index in [4.69, 9.17) is 21.7 Å². The van der Waals surface area contributed by atoms with Crippen molar-refractivity contribution in [1.82, 2.24) is 5.32 Å². The molecule has 1 aliphatic rings. The number of nitrogens with zero attached hydrogens (tertiary/aromatic N) is 1. The number of hydrogen-bond acceptors (Lipinski definition) is 4. The molecule has 0 fully saturated rings. The van der Waals surface area contributed by atoms with Crippen molar-refractivity contribution in [2.45, 2.75) is 25.7 Å². The molecular weight excluding hydrogens is 266 g/mol. The quantitative estimate of drug-likeness (QED) is 0.341. The van der Waals surface area contributed by atoms with Gasteiger partial charge in [0.05, 0.1) is 5.71 Å². The van der Waals surface area contributed by atoms with Crippen LogP contribution < -0.4 is 5.32 Å². The Morgan fingerprint density at radius 1 is 1.50 bits per heavy atom. The van der Waals surface area contributed by atoms with Crippen LogP contribution in [0, 0.1) is 5.41 Å². The van der Waals surface area contributed by atoms with Crippen LogP contribution in [0.4, 0.5) is 0 Å². The van der Waals surface area contributed by atoms with Crippen LogP contribution in [-0.2, 0) is 4.74 Å². The summed E-state index contributed by atoms with van der Waals surface area (Å²) in [6.07, 6.45) is 4.81. The predicted molar refractivity (Wildman–Crippen MR) is 80.3 cm³/mol. The molecule has 1 rings (SSSR count). The van der Waals surface area contributed by atoms with Gasteiger partial charge in [-0.3, -0.25) is 0 Å². The minimum absolute atomic E-state index is 0.337. The van der Waals surface area contributed by atoms with Crippen molar-refractivity contribution in [2.75, 3.05) is 13.3 Å². The summed E-state index contributed by atoms with van der Waals surface area (Å²) >= 11 is 5.68. The summed E-state index contributed by atoms with van der Waals surface area (Å²) in [5.41, 5.74) is 1.05. The Balaban J connectivity index is 2.22. The van der Waals surface area contributed by atoms with Gasteiger partial charge in [-0.1, -0.05) is 31.2 Å². The minimum Gasteiger partial charge on any atom is -0.368 e. The second-order valence-corrected chi connectivity index (χ2v) is 11.3. The monoisotopic (exact) mass is 285 g/mol. The molecule has 0 aromatic rings. The Labute approximate surface area is 114 Å². The average molecular weight is 286 g/mol. The molecule has 0 saturated carbocycles. The molecule has 2 N–H and O–H groups in total. The Morgan fingerprint density at radius 2 is 2.22 bits per heavy atom. The number of ether oxygens (including phenoxy) is 1. The maximum Gasteiger partial charge on any atom is 0.131 e. The summed E-state index contributed by atoms with van der Waals surface area (Å²) in [6.45, 7) is 8.20. The zero-order chi connectivity index (χ0) is 13.6. The molecule has 0 aromatic heterocycles. The highest BCUT2D eigenvalue weighted by Gasteiger charge is 2.11. The SMILES string of the molecule is C[Si](C)(C)CCOCN/C=C1/C=NC(Cl)=CC1=N. The van der Waals surface area contributed by atoms with Crippen molar-refractivity contribution >= 4 is 31.6 Å². The van der Waals surface area contributed by atoms with Crippen molar-refractivity contribution in [3.8, 4) is 0 Å². The van der Waals surface area contributed by atoms with Crippen LogP contribution >= 0.6 is 11.6 Å². The van der Waals surface area contributed by atoms with Crippen LogP contribution in [0.3, 0.4) is 0 Å². The van der Waals surface area contributed by atoms with Crippen LogP contribution in [0.15, 0.2) is 28.0 Å². The second-order valence-electron chi connectivity index (χ2n) is 5.31. The third-order valence-electron chi connectivity index (χ3n) is 2.34. The molecule has 1 aliphatic heterocycles. The van der Waals surface area contributed by atoms with Gasteiger partial charge in [0.25, 0.3) is 0 Å². The average Bonchev–Trinajstić information content (AvgIpc) is 2.24. The number of nitrogens with one attached hydrogen (secondary N) is 2. The maximum atomic E-state index is 7.68. The number of rotatable bonds is 6. The fourth-order valence-electron chi connectivity index (χ4n) is 1.22. The van der Waals surface area contributed by atoms with Crippen molar-refractivity contribution in [3.63, 3.8) is 0 Å². The third kappa shape index (κ3) is 6.14. The van der Waals surface area contributed by atoms with Crippen LogP contribution in [0.25, 0.3) is 0 Å². The lowest BCUT2D eigenvalue weighted by Gasteiger charge is -2.15. The van der Waals surface area contributed by atoms with Gasteiger partial charge in [-0.15, -0.1) is 0 Å². The first kappa shape index (κ1) is 15.1. The summed E-state index contributed by atoms with van der Waals surface area (Å²) < 4.78 is 5.48. The highest BCUT2D eigenvalue weighted by atomic mass is 35.5. The van der Waals surface area contributed by atoms with Gasteiger partial charge in [-0.05, 0) is 6.04 Å². The zero-order valence-corrected chi connectivity index (χ0v) is 12.8. The van der Waals surface area contributed by atoms with E-state index >= 15 is 0 Å². The standard InChI is InChI=1S/C12H20ClN3OSi/c1-18(2,3)5-4-17-9-15-7-10-8-16-12(13)6-11(10)14/h6-8,14-15H,4-5,9H2,1-3H3/b10-7-,14-11?. The fourth-order valence-corrected chi connectivity index (χ4v) is 2.13. The van der Waals surface area contributed by atoms with Crippen LogP contribution in [-0.4, -0.2) is 33.3 Å². The van der Waals surface area contributed by atoms with Gasteiger partial charge in [-0.2, -0.15) is 0 Å². The molecule has 18 heavy (non-hydrogen) atoms. The van der Waals surface area contributed by atoms with Crippen LogP contribution in [0.1, 0.15) is 0 Å². The molecule has 0 unspecified atom stereocenters. The Hall–Kier alpha value is -0.913. The van der Waals surface area contributed by atoms with Gasteiger partial charge in [0.1, 0.15) is 11.9 Å². The van der Waals surface area contributed by atoms with Crippen molar-refractivity contribution in [1.29, 1.82) is 5.41 Å². The van der Waals surface area contributed by atoms with Gasteiger partial charge < -0.3 is 15.5 Å². The molecule has 0 aliphatic carbocycles. The fraction of sp³-hybridized carbons (Fsp3) is 0.500. The van der Waals surface area contributed by atoms with E-state index in [2.05, 4.69) is 30.0 Å². The van der Waals surface area contributed by atoms with Gasteiger partial charge in [0, 0.05) is 38.7 Å². The lowest BCUT2D eigenvalue weighted by molar-refractivity contribution is 0.137. The summed E-state index contributed by atoms with van der Waals surface area (Å²) in [5, 5.41) is 11.0. The molecule has 0 amide bonds. The van der Waals surface area contributed by atoms with E-state index < -0.39 is 8.07 Å². The number of aliphatic imine (C=N–C) groups is 1. The minimum atomic E-state index is -1.01. The van der Waals surface area contributed by atoms with Crippen molar-refractivity contribution < 1.29 is 4.74 Å². The first-order chi connectivity index (χ1) is 8.38. The van der Waals surface area contributed by atoms with E-state index in [-0.39, 0.29) is 0 Å². The molecule has 0 spiro atoms. The number of allylic oxidation sites excluding steroid dienone is 2. The smallest absolute Gasteiger partial charge is 0.131 e. The lowest BCUT2D eigenvalue weighted by atomic mass is 10.1. The summed E-state index contributed by atoms with van der Waals surface area (Å²) in [4.78, 5) is 3.93. The normalized spacial score (nSPS) is 18.1.